The van der Waals surface area contributed by atoms with E-state index in [-0.39, 0.29) is 5.91 Å². The highest BCUT2D eigenvalue weighted by atomic mass is 32.1. The Balaban J connectivity index is 2.13. The number of thiophene rings is 1. The lowest BCUT2D eigenvalue weighted by atomic mass is 10.2. The molecule has 0 aliphatic carbocycles. The van der Waals surface area contributed by atoms with Gasteiger partial charge in [-0.25, -0.2) is 0 Å². The molecule has 2 rings (SSSR count). The van der Waals surface area contributed by atoms with Crippen LogP contribution in [0.1, 0.15) is 20.1 Å². The molecule has 19 heavy (non-hydrogen) atoms. The molecule has 96 valence electrons. The van der Waals surface area contributed by atoms with E-state index >= 15 is 0 Å². The number of nitrogens with two attached hydrogens (primary N) is 1. The van der Waals surface area contributed by atoms with E-state index in [9.17, 15) is 4.79 Å². The fourth-order valence-corrected chi connectivity index (χ4v) is 2.34. The fourth-order valence-electron chi connectivity index (χ4n) is 1.58. The highest BCUT2D eigenvalue weighted by Crippen LogP contribution is 2.17. The Morgan fingerprint density at radius 3 is 2.89 bits per heavy atom. The molecular formula is C15H14N2OS. The first-order chi connectivity index (χ1) is 9.19. The van der Waals surface area contributed by atoms with E-state index in [0.717, 1.165) is 16.1 Å². The summed E-state index contributed by atoms with van der Waals surface area (Å²) in [4.78, 5) is 13.8. The number of hydrogen-bond acceptors (Lipinski definition) is 3. The molecule has 0 aliphatic heterocycles. The standard InChI is InChI=1S/C15H14N2OS/c1-11-7-8-14(19-11)15(18)17-13-6-2-4-12(10-13)5-3-9-16/h2,4,6-8,10H,9,16H2,1H3,(H,17,18). The Labute approximate surface area is 116 Å². The molecular weight excluding hydrogens is 256 g/mol. The van der Waals surface area contributed by atoms with E-state index in [1.807, 2.05) is 43.3 Å². The largest absolute Gasteiger partial charge is 0.321 e. The molecule has 0 radical (unpaired) electrons. The SMILES string of the molecule is Cc1ccc(C(=O)Nc2cccc(C#CCN)c2)s1. The molecule has 3 nitrogen and oxygen atoms in total. The number of hydrogen-bond donors (Lipinski definition) is 2. The van der Waals surface area contributed by atoms with Gasteiger partial charge in [0.2, 0.25) is 0 Å². The monoisotopic (exact) mass is 270 g/mol. The zero-order valence-corrected chi connectivity index (χ0v) is 11.4. The van der Waals surface area contributed by atoms with Crippen molar-refractivity contribution in [1.82, 2.24) is 0 Å². The lowest BCUT2D eigenvalue weighted by Crippen LogP contribution is -2.10. The molecule has 3 N–H and O–H groups in total. The lowest BCUT2D eigenvalue weighted by Gasteiger charge is -2.03. The van der Waals surface area contributed by atoms with Gasteiger partial charge in [-0.3, -0.25) is 4.79 Å². The minimum Gasteiger partial charge on any atom is -0.321 e. The highest BCUT2D eigenvalue weighted by molar-refractivity contribution is 7.14. The Morgan fingerprint density at radius 2 is 2.21 bits per heavy atom. The average molecular weight is 270 g/mol. The van der Waals surface area contributed by atoms with E-state index in [0.29, 0.717) is 11.4 Å². The minimum absolute atomic E-state index is 0.0953. The van der Waals surface area contributed by atoms with E-state index in [2.05, 4.69) is 17.2 Å². The maximum absolute atomic E-state index is 12.0. The molecule has 4 heteroatoms. The zero-order chi connectivity index (χ0) is 13.7. The highest BCUT2D eigenvalue weighted by Gasteiger charge is 2.08. The van der Waals surface area contributed by atoms with Crippen LogP contribution in [-0.2, 0) is 0 Å². The van der Waals surface area contributed by atoms with Crippen LogP contribution in [0.25, 0.3) is 0 Å². The van der Waals surface area contributed by atoms with E-state index in [1.54, 1.807) is 0 Å². The van der Waals surface area contributed by atoms with Gasteiger partial charge < -0.3 is 11.1 Å². The smallest absolute Gasteiger partial charge is 0.265 e. The number of aryl methyl sites for hydroxylation is 1. The quantitative estimate of drug-likeness (QED) is 0.824. The molecule has 0 atom stereocenters. The number of benzene rings is 1. The van der Waals surface area contributed by atoms with Crippen molar-refractivity contribution in [3.8, 4) is 11.8 Å². The summed E-state index contributed by atoms with van der Waals surface area (Å²) in [5.74, 6) is 5.63. The van der Waals surface area contributed by atoms with Crippen LogP contribution in [-0.4, -0.2) is 12.5 Å². The molecule has 0 fully saturated rings. The Hall–Kier alpha value is -2.09. The van der Waals surface area contributed by atoms with Gasteiger partial charge in [-0.2, -0.15) is 0 Å². The third-order valence-corrected chi connectivity index (χ3v) is 3.42. The van der Waals surface area contributed by atoms with Crippen LogP contribution in [0, 0.1) is 18.8 Å². The fraction of sp³-hybridized carbons (Fsp3) is 0.133. The van der Waals surface area contributed by atoms with Crippen LogP contribution in [0.2, 0.25) is 0 Å². The third-order valence-electron chi connectivity index (χ3n) is 2.42. The second-order valence-electron chi connectivity index (χ2n) is 3.95. The molecule has 0 bridgehead atoms. The predicted molar refractivity (Wildman–Crippen MR) is 79.4 cm³/mol. The Bertz CT molecular complexity index is 649. The van der Waals surface area contributed by atoms with Gasteiger partial charge in [0, 0.05) is 16.1 Å². The molecule has 0 saturated heterocycles. The van der Waals surface area contributed by atoms with Gasteiger partial charge in [-0.1, -0.05) is 17.9 Å². The summed E-state index contributed by atoms with van der Waals surface area (Å²) >= 11 is 1.48. The maximum atomic E-state index is 12.0. The van der Waals surface area contributed by atoms with Gasteiger partial charge in [0.05, 0.1) is 11.4 Å². The molecule has 0 spiro atoms. The molecule has 0 saturated carbocycles. The summed E-state index contributed by atoms with van der Waals surface area (Å²) in [5, 5.41) is 2.86. The Morgan fingerprint density at radius 1 is 1.37 bits per heavy atom. The molecule has 0 unspecified atom stereocenters. The lowest BCUT2D eigenvalue weighted by molar-refractivity contribution is 0.103. The van der Waals surface area contributed by atoms with Crippen LogP contribution in [0.4, 0.5) is 5.69 Å². The first-order valence-electron chi connectivity index (χ1n) is 5.86. The minimum atomic E-state index is -0.0953. The van der Waals surface area contributed by atoms with Gasteiger partial charge in [0.25, 0.3) is 5.91 Å². The number of amides is 1. The van der Waals surface area contributed by atoms with Crippen molar-refractivity contribution < 1.29 is 4.79 Å². The van der Waals surface area contributed by atoms with Crippen molar-refractivity contribution in [1.29, 1.82) is 0 Å². The molecule has 1 aromatic heterocycles. The molecule has 1 heterocycles. The summed E-state index contributed by atoms with van der Waals surface area (Å²) in [6.07, 6.45) is 0. The number of anilines is 1. The molecule has 1 amide bonds. The summed E-state index contributed by atoms with van der Waals surface area (Å²) in [7, 11) is 0. The van der Waals surface area contributed by atoms with Gasteiger partial charge in [-0.15, -0.1) is 11.3 Å². The van der Waals surface area contributed by atoms with E-state index in [4.69, 9.17) is 5.73 Å². The van der Waals surface area contributed by atoms with Gasteiger partial charge in [-0.05, 0) is 37.3 Å². The third kappa shape index (κ3) is 3.68. The summed E-state index contributed by atoms with van der Waals surface area (Å²) in [6.45, 7) is 2.30. The summed E-state index contributed by atoms with van der Waals surface area (Å²) in [6, 6.07) is 11.2. The van der Waals surface area contributed by atoms with Crippen molar-refractivity contribution >= 4 is 22.9 Å². The Kier molecular flexibility index (Phi) is 4.35. The topological polar surface area (TPSA) is 55.1 Å². The van der Waals surface area contributed by atoms with Crippen LogP contribution in [0.15, 0.2) is 36.4 Å². The van der Waals surface area contributed by atoms with Crippen LogP contribution in [0.3, 0.4) is 0 Å². The van der Waals surface area contributed by atoms with Gasteiger partial charge >= 0.3 is 0 Å². The summed E-state index contributed by atoms with van der Waals surface area (Å²) in [5.41, 5.74) is 6.91. The molecule has 0 aliphatic rings. The second-order valence-corrected chi connectivity index (χ2v) is 5.24. The predicted octanol–water partition coefficient (Wildman–Crippen LogP) is 2.62. The second kappa shape index (κ2) is 6.19. The number of carbonyl (C=O) groups excluding carboxylic acids is 1. The van der Waals surface area contributed by atoms with E-state index < -0.39 is 0 Å². The van der Waals surface area contributed by atoms with Crippen molar-refractivity contribution in [3.63, 3.8) is 0 Å². The number of carbonyl (C=O) groups is 1. The summed E-state index contributed by atoms with van der Waals surface area (Å²) < 4.78 is 0. The molecule has 1 aromatic carbocycles. The van der Waals surface area contributed by atoms with Crippen molar-refractivity contribution in [2.75, 3.05) is 11.9 Å². The normalized spacial score (nSPS) is 9.58. The van der Waals surface area contributed by atoms with Crippen molar-refractivity contribution in [3.05, 3.63) is 51.7 Å². The molecule has 2 aromatic rings. The number of nitrogens with one attached hydrogen (secondary N) is 1. The van der Waals surface area contributed by atoms with Crippen LogP contribution >= 0.6 is 11.3 Å². The van der Waals surface area contributed by atoms with Crippen LogP contribution in [0.5, 0.6) is 0 Å². The van der Waals surface area contributed by atoms with Gasteiger partial charge in [0.15, 0.2) is 0 Å². The van der Waals surface area contributed by atoms with Crippen LogP contribution < -0.4 is 11.1 Å². The van der Waals surface area contributed by atoms with Crippen molar-refractivity contribution in [2.24, 2.45) is 5.73 Å². The number of rotatable bonds is 2. The zero-order valence-electron chi connectivity index (χ0n) is 10.6. The average Bonchev–Trinajstić information content (AvgIpc) is 2.83. The maximum Gasteiger partial charge on any atom is 0.265 e. The van der Waals surface area contributed by atoms with Crippen molar-refractivity contribution in [2.45, 2.75) is 6.92 Å². The van der Waals surface area contributed by atoms with Gasteiger partial charge in [0.1, 0.15) is 0 Å². The van der Waals surface area contributed by atoms with E-state index in [1.165, 1.54) is 11.3 Å². The first-order valence-corrected chi connectivity index (χ1v) is 6.67. The first kappa shape index (κ1) is 13.3.